The molecule has 1 aromatic heterocycles. The largest absolute Gasteiger partial charge is 0.497 e. The van der Waals surface area contributed by atoms with E-state index in [0.29, 0.717) is 0 Å². The topological polar surface area (TPSA) is 39.9 Å². The number of methoxy groups -OCH3 is 1. The monoisotopic (exact) mass is 339 g/mol. The Kier molecular flexibility index (Phi) is 5.54. The van der Waals surface area contributed by atoms with E-state index in [0.717, 1.165) is 41.0 Å². The molecular formula is C19H21N3OS. The van der Waals surface area contributed by atoms with Crippen LogP contribution in [-0.4, -0.2) is 27.6 Å². The molecule has 0 fully saturated rings. The van der Waals surface area contributed by atoms with Crippen molar-refractivity contribution >= 4 is 11.8 Å². The number of rotatable bonds is 7. The standard InChI is InChI=1S/C19H21N3OS/c1-3-24-19-21-20-18(16-9-11-17(23-2)12-10-16)22(19)14-13-15-7-5-4-6-8-15/h4-12H,3,13-14H2,1-2H3. The second kappa shape index (κ2) is 8.02. The Hall–Kier alpha value is -2.27. The summed E-state index contributed by atoms with van der Waals surface area (Å²) in [6.07, 6.45) is 0.958. The molecule has 0 aliphatic carbocycles. The summed E-state index contributed by atoms with van der Waals surface area (Å²) >= 11 is 1.72. The van der Waals surface area contributed by atoms with Gasteiger partial charge in [0.1, 0.15) is 5.75 Å². The number of nitrogens with zero attached hydrogens (tertiary/aromatic N) is 3. The highest BCUT2D eigenvalue weighted by atomic mass is 32.2. The van der Waals surface area contributed by atoms with Crippen molar-refractivity contribution in [3.63, 3.8) is 0 Å². The van der Waals surface area contributed by atoms with Crippen molar-refractivity contribution in [1.82, 2.24) is 14.8 Å². The predicted molar refractivity (Wildman–Crippen MR) is 98.6 cm³/mol. The van der Waals surface area contributed by atoms with Crippen LogP contribution in [-0.2, 0) is 13.0 Å². The quantitative estimate of drug-likeness (QED) is 0.602. The SMILES string of the molecule is CCSc1nnc(-c2ccc(OC)cc2)n1CCc1ccccc1. The summed E-state index contributed by atoms with van der Waals surface area (Å²) < 4.78 is 7.45. The molecule has 3 rings (SSSR count). The molecule has 0 amide bonds. The molecule has 24 heavy (non-hydrogen) atoms. The second-order valence-corrected chi connectivity index (χ2v) is 6.59. The molecule has 0 atom stereocenters. The molecule has 0 saturated heterocycles. The highest BCUT2D eigenvalue weighted by molar-refractivity contribution is 7.99. The zero-order valence-electron chi connectivity index (χ0n) is 14.0. The lowest BCUT2D eigenvalue weighted by molar-refractivity contribution is 0.415. The van der Waals surface area contributed by atoms with Crippen LogP contribution < -0.4 is 4.74 Å². The van der Waals surface area contributed by atoms with Gasteiger partial charge in [0.25, 0.3) is 0 Å². The first-order valence-electron chi connectivity index (χ1n) is 8.06. The number of benzene rings is 2. The van der Waals surface area contributed by atoms with E-state index in [4.69, 9.17) is 4.74 Å². The lowest BCUT2D eigenvalue weighted by Crippen LogP contribution is -2.05. The Morgan fingerprint density at radius 2 is 1.75 bits per heavy atom. The Morgan fingerprint density at radius 1 is 1.00 bits per heavy atom. The van der Waals surface area contributed by atoms with Crippen molar-refractivity contribution in [2.75, 3.05) is 12.9 Å². The molecule has 1 heterocycles. The van der Waals surface area contributed by atoms with E-state index in [1.165, 1.54) is 5.56 Å². The first-order chi connectivity index (χ1) is 11.8. The van der Waals surface area contributed by atoms with E-state index in [9.17, 15) is 0 Å². The van der Waals surface area contributed by atoms with Crippen LogP contribution in [0.3, 0.4) is 0 Å². The molecule has 2 aromatic carbocycles. The number of hydrogen-bond acceptors (Lipinski definition) is 4. The van der Waals surface area contributed by atoms with Crippen LogP contribution in [0, 0.1) is 0 Å². The zero-order valence-corrected chi connectivity index (χ0v) is 14.8. The molecule has 4 nitrogen and oxygen atoms in total. The van der Waals surface area contributed by atoms with Gasteiger partial charge < -0.3 is 9.30 Å². The van der Waals surface area contributed by atoms with E-state index in [-0.39, 0.29) is 0 Å². The van der Waals surface area contributed by atoms with E-state index in [1.54, 1.807) is 18.9 Å². The van der Waals surface area contributed by atoms with Gasteiger partial charge in [-0.2, -0.15) is 0 Å². The fourth-order valence-electron chi connectivity index (χ4n) is 2.57. The van der Waals surface area contributed by atoms with Crippen molar-refractivity contribution in [3.05, 3.63) is 60.2 Å². The number of thioether (sulfide) groups is 1. The Labute approximate surface area is 146 Å². The first kappa shape index (κ1) is 16.6. The lowest BCUT2D eigenvalue weighted by Gasteiger charge is -2.10. The van der Waals surface area contributed by atoms with Crippen LogP contribution in [0.1, 0.15) is 12.5 Å². The molecular weight excluding hydrogens is 318 g/mol. The van der Waals surface area contributed by atoms with Crippen molar-refractivity contribution in [2.45, 2.75) is 25.0 Å². The van der Waals surface area contributed by atoms with Crippen LogP contribution in [0.4, 0.5) is 0 Å². The van der Waals surface area contributed by atoms with Crippen molar-refractivity contribution in [2.24, 2.45) is 0 Å². The number of aromatic nitrogens is 3. The van der Waals surface area contributed by atoms with E-state index < -0.39 is 0 Å². The minimum absolute atomic E-state index is 0.845. The highest BCUT2D eigenvalue weighted by Gasteiger charge is 2.14. The molecule has 0 N–H and O–H groups in total. The third-order valence-electron chi connectivity index (χ3n) is 3.81. The predicted octanol–water partition coefficient (Wildman–Crippen LogP) is 4.31. The summed E-state index contributed by atoms with van der Waals surface area (Å²) in [6.45, 7) is 2.99. The van der Waals surface area contributed by atoms with Crippen LogP contribution in [0.2, 0.25) is 0 Å². The maximum atomic E-state index is 5.24. The normalized spacial score (nSPS) is 10.8. The highest BCUT2D eigenvalue weighted by Crippen LogP contribution is 2.26. The summed E-state index contributed by atoms with van der Waals surface area (Å²) in [5, 5.41) is 9.78. The van der Waals surface area contributed by atoms with Gasteiger partial charge in [-0.1, -0.05) is 49.0 Å². The van der Waals surface area contributed by atoms with Crippen molar-refractivity contribution in [1.29, 1.82) is 0 Å². The third-order valence-corrected chi connectivity index (χ3v) is 4.65. The van der Waals surface area contributed by atoms with E-state index >= 15 is 0 Å². The number of ether oxygens (including phenoxy) is 1. The smallest absolute Gasteiger partial charge is 0.191 e. The summed E-state index contributed by atoms with van der Waals surface area (Å²) in [5.74, 6) is 2.73. The molecule has 0 saturated carbocycles. The molecule has 0 aliphatic rings. The van der Waals surface area contributed by atoms with E-state index in [2.05, 4.69) is 46.0 Å². The molecule has 0 aliphatic heterocycles. The third kappa shape index (κ3) is 3.79. The average molecular weight is 339 g/mol. The number of hydrogen-bond donors (Lipinski definition) is 0. The van der Waals surface area contributed by atoms with Gasteiger partial charge in [0.2, 0.25) is 0 Å². The van der Waals surface area contributed by atoms with Gasteiger partial charge in [-0.3, -0.25) is 0 Å². The fourth-order valence-corrected chi connectivity index (χ4v) is 3.26. The molecule has 0 spiro atoms. The van der Waals surface area contributed by atoms with E-state index in [1.807, 2.05) is 30.3 Å². The van der Waals surface area contributed by atoms with Crippen molar-refractivity contribution < 1.29 is 4.74 Å². The maximum absolute atomic E-state index is 5.24. The Morgan fingerprint density at radius 3 is 2.42 bits per heavy atom. The Bertz CT molecular complexity index is 769. The van der Waals surface area contributed by atoms with Gasteiger partial charge in [-0.05, 0) is 42.0 Å². The van der Waals surface area contributed by atoms with Crippen LogP contribution in [0.5, 0.6) is 5.75 Å². The summed E-state index contributed by atoms with van der Waals surface area (Å²) in [6, 6.07) is 18.5. The van der Waals surface area contributed by atoms with Gasteiger partial charge in [-0.25, -0.2) is 0 Å². The van der Waals surface area contributed by atoms with Crippen LogP contribution >= 0.6 is 11.8 Å². The van der Waals surface area contributed by atoms with Gasteiger partial charge in [0, 0.05) is 12.1 Å². The first-order valence-corrected chi connectivity index (χ1v) is 9.04. The van der Waals surface area contributed by atoms with Gasteiger partial charge in [0.15, 0.2) is 11.0 Å². The Balaban J connectivity index is 1.88. The minimum Gasteiger partial charge on any atom is -0.497 e. The zero-order chi connectivity index (χ0) is 16.8. The molecule has 0 bridgehead atoms. The average Bonchev–Trinajstić information content (AvgIpc) is 3.04. The molecule has 5 heteroatoms. The van der Waals surface area contributed by atoms with Gasteiger partial charge in [-0.15, -0.1) is 10.2 Å². The summed E-state index contributed by atoms with van der Waals surface area (Å²) in [7, 11) is 1.67. The minimum atomic E-state index is 0.845. The fraction of sp³-hybridized carbons (Fsp3) is 0.263. The molecule has 124 valence electrons. The van der Waals surface area contributed by atoms with Gasteiger partial charge >= 0.3 is 0 Å². The molecule has 0 unspecified atom stereocenters. The molecule has 3 aromatic rings. The van der Waals surface area contributed by atoms with Crippen molar-refractivity contribution in [3.8, 4) is 17.1 Å². The van der Waals surface area contributed by atoms with Crippen LogP contribution in [0.25, 0.3) is 11.4 Å². The maximum Gasteiger partial charge on any atom is 0.191 e. The van der Waals surface area contributed by atoms with Crippen LogP contribution in [0.15, 0.2) is 59.8 Å². The van der Waals surface area contributed by atoms with Gasteiger partial charge in [0.05, 0.1) is 7.11 Å². The lowest BCUT2D eigenvalue weighted by atomic mass is 10.1. The number of aryl methyl sites for hydroxylation is 1. The molecule has 0 radical (unpaired) electrons. The second-order valence-electron chi connectivity index (χ2n) is 5.35. The summed E-state index contributed by atoms with van der Waals surface area (Å²) in [4.78, 5) is 0. The summed E-state index contributed by atoms with van der Waals surface area (Å²) in [5.41, 5.74) is 2.37.